The number of carbonyl (C=O) groups is 1. The summed E-state index contributed by atoms with van der Waals surface area (Å²) in [6, 6.07) is 23.0. The molecule has 31 heavy (non-hydrogen) atoms. The molecule has 5 nitrogen and oxygen atoms in total. The summed E-state index contributed by atoms with van der Waals surface area (Å²) in [5.41, 5.74) is 3.61. The molecule has 0 bridgehead atoms. The van der Waals surface area contributed by atoms with Gasteiger partial charge in [0.25, 0.3) is 5.91 Å². The van der Waals surface area contributed by atoms with Crippen molar-refractivity contribution in [2.75, 3.05) is 18.7 Å². The molecule has 1 aliphatic rings. The molecular formula is C25H21IN2O3. The molecule has 6 heteroatoms. The summed E-state index contributed by atoms with van der Waals surface area (Å²) in [6.07, 6.45) is 1.86. The zero-order chi connectivity index (χ0) is 21.8. The zero-order valence-electron chi connectivity index (χ0n) is 17.2. The van der Waals surface area contributed by atoms with Gasteiger partial charge in [0.05, 0.1) is 28.5 Å². The van der Waals surface area contributed by atoms with Gasteiger partial charge in [-0.05, 0) is 65.4 Å². The minimum Gasteiger partial charge on any atom is -0.493 e. The first-order valence-electron chi connectivity index (χ1n) is 9.88. The normalized spacial score (nSPS) is 14.7. The molecule has 0 saturated carbocycles. The van der Waals surface area contributed by atoms with Crippen LogP contribution in [0, 0.1) is 3.57 Å². The minimum absolute atomic E-state index is 0.173. The summed E-state index contributed by atoms with van der Waals surface area (Å²) in [4.78, 5) is 13.4. The van der Waals surface area contributed by atoms with E-state index >= 15 is 0 Å². The second-order valence-electron chi connectivity index (χ2n) is 6.79. The summed E-state index contributed by atoms with van der Waals surface area (Å²) >= 11 is 2.22. The van der Waals surface area contributed by atoms with E-state index in [0.717, 1.165) is 20.4 Å². The smallest absolute Gasteiger partial charge is 0.281 e. The topological polar surface area (TPSA) is 51.1 Å². The van der Waals surface area contributed by atoms with Crippen LogP contribution in [0.15, 0.2) is 83.5 Å². The van der Waals surface area contributed by atoms with E-state index in [9.17, 15) is 4.79 Å². The van der Waals surface area contributed by atoms with Crippen LogP contribution in [0.25, 0.3) is 6.08 Å². The van der Waals surface area contributed by atoms with E-state index in [-0.39, 0.29) is 5.91 Å². The number of carbonyl (C=O) groups excluding carboxylic acids is 1. The fourth-order valence-corrected chi connectivity index (χ4v) is 4.15. The third-order valence-electron chi connectivity index (χ3n) is 4.78. The lowest BCUT2D eigenvalue weighted by Crippen LogP contribution is -2.21. The lowest BCUT2D eigenvalue weighted by Gasteiger charge is -2.13. The van der Waals surface area contributed by atoms with Crippen LogP contribution in [0.3, 0.4) is 0 Å². The molecule has 3 aromatic carbocycles. The van der Waals surface area contributed by atoms with Crippen molar-refractivity contribution in [3.8, 4) is 11.5 Å². The first-order chi connectivity index (χ1) is 15.1. The molecule has 156 valence electrons. The molecule has 1 heterocycles. The second-order valence-corrected chi connectivity index (χ2v) is 7.95. The van der Waals surface area contributed by atoms with Gasteiger partial charge < -0.3 is 9.47 Å². The van der Waals surface area contributed by atoms with Crippen LogP contribution in [0.2, 0.25) is 0 Å². The van der Waals surface area contributed by atoms with Crippen molar-refractivity contribution in [2.24, 2.45) is 5.10 Å². The quantitative estimate of drug-likeness (QED) is 0.315. The van der Waals surface area contributed by atoms with Crippen LogP contribution in [-0.2, 0) is 4.79 Å². The first-order valence-corrected chi connectivity index (χ1v) is 11.0. The number of amides is 1. The highest BCUT2D eigenvalue weighted by Crippen LogP contribution is 2.35. The summed E-state index contributed by atoms with van der Waals surface area (Å²) in [6.45, 7) is 2.48. The van der Waals surface area contributed by atoms with E-state index in [1.807, 2.05) is 85.8 Å². The fourth-order valence-electron chi connectivity index (χ4n) is 3.37. The van der Waals surface area contributed by atoms with Crippen molar-refractivity contribution in [3.63, 3.8) is 0 Å². The maximum Gasteiger partial charge on any atom is 0.281 e. The van der Waals surface area contributed by atoms with Gasteiger partial charge in [-0.25, -0.2) is 0 Å². The number of hydrogen-bond acceptors (Lipinski definition) is 4. The highest BCUT2D eigenvalue weighted by molar-refractivity contribution is 14.1. The maximum atomic E-state index is 13.4. The Hall–Kier alpha value is -3.13. The lowest BCUT2D eigenvalue weighted by atomic mass is 10.00. The monoisotopic (exact) mass is 524 g/mol. The van der Waals surface area contributed by atoms with Crippen molar-refractivity contribution < 1.29 is 14.3 Å². The van der Waals surface area contributed by atoms with Crippen LogP contribution in [0.1, 0.15) is 18.1 Å². The highest BCUT2D eigenvalue weighted by atomic mass is 127. The van der Waals surface area contributed by atoms with Crippen molar-refractivity contribution in [1.82, 2.24) is 0 Å². The Morgan fingerprint density at radius 3 is 2.35 bits per heavy atom. The molecule has 3 aromatic rings. The van der Waals surface area contributed by atoms with Gasteiger partial charge in [-0.15, -0.1) is 0 Å². The lowest BCUT2D eigenvalue weighted by molar-refractivity contribution is -0.114. The van der Waals surface area contributed by atoms with Crippen LogP contribution >= 0.6 is 22.6 Å². The first kappa shape index (κ1) is 21.1. The standard InChI is InChI=1S/C25H21IN2O3/c1-3-31-24-21(26)15-17(16-22(24)30-2)14-20-23(18-10-6-4-7-11-18)27-28(25(20)29)19-12-8-5-9-13-19/h4-16H,3H2,1-2H3/b20-14-. The number of para-hydroxylation sites is 1. The number of ether oxygens (including phenoxy) is 2. The molecule has 0 N–H and O–H groups in total. The van der Waals surface area contributed by atoms with Crippen LogP contribution in [-0.4, -0.2) is 25.3 Å². The van der Waals surface area contributed by atoms with E-state index in [2.05, 4.69) is 27.7 Å². The molecule has 0 spiro atoms. The number of rotatable bonds is 6. The average molecular weight is 524 g/mol. The Morgan fingerprint density at radius 1 is 1.03 bits per heavy atom. The highest BCUT2D eigenvalue weighted by Gasteiger charge is 2.32. The third-order valence-corrected chi connectivity index (χ3v) is 5.58. The SMILES string of the molecule is CCOc1c(I)cc(/C=C2\C(=O)N(c3ccccc3)N=C2c2ccccc2)cc1OC. The number of hydrazone groups is 1. The zero-order valence-corrected chi connectivity index (χ0v) is 19.4. The van der Waals surface area contributed by atoms with Gasteiger partial charge >= 0.3 is 0 Å². The number of methoxy groups -OCH3 is 1. The molecular weight excluding hydrogens is 503 g/mol. The number of hydrogen-bond donors (Lipinski definition) is 0. The maximum absolute atomic E-state index is 13.4. The van der Waals surface area contributed by atoms with Crippen molar-refractivity contribution in [1.29, 1.82) is 0 Å². The minimum atomic E-state index is -0.173. The Labute approximate surface area is 195 Å². The van der Waals surface area contributed by atoms with Crippen LogP contribution in [0.4, 0.5) is 5.69 Å². The Morgan fingerprint density at radius 2 is 1.71 bits per heavy atom. The number of halogens is 1. The Kier molecular flexibility index (Phi) is 6.36. The van der Waals surface area contributed by atoms with Crippen LogP contribution < -0.4 is 14.5 Å². The third kappa shape index (κ3) is 4.34. The summed E-state index contributed by atoms with van der Waals surface area (Å²) in [5, 5.41) is 6.12. The molecule has 1 amide bonds. The number of anilines is 1. The predicted molar refractivity (Wildman–Crippen MR) is 132 cm³/mol. The van der Waals surface area contributed by atoms with Gasteiger partial charge in [0.15, 0.2) is 11.5 Å². The molecule has 0 aliphatic carbocycles. The van der Waals surface area contributed by atoms with Gasteiger partial charge in [-0.2, -0.15) is 10.1 Å². The molecule has 0 saturated heterocycles. The molecule has 1 aliphatic heterocycles. The molecule has 0 radical (unpaired) electrons. The van der Waals surface area contributed by atoms with Gasteiger partial charge in [0.2, 0.25) is 0 Å². The van der Waals surface area contributed by atoms with Gasteiger partial charge in [-0.1, -0.05) is 48.5 Å². The molecule has 0 atom stereocenters. The second kappa shape index (κ2) is 9.34. The largest absolute Gasteiger partial charge is 0.493 e. The van der Waals surface area contributed by atoms with Gasteiger partial charge in [0, 0.05) is 5.56 Å². The van der Waals surface area contributed by atoms with Gasteiger partial charge in [-0.3, -0.25) is 4.79 Å². The number of nitrogens with zero attached hydrogens (tertiary/aromatic N) is 2. The molecule has 4 rings (SSSR count). The number of benzene rings is 3. The van der Waals surface area contributed by atoms with E-state index in [1.165, 1.54) is 5.01 Å². The fraction of sp³-hybridized carbons (Fsp3) is 0.120. The van der Waals surface area contributed by atoms with E-state index < -0.39 is 0 Å². The Bertz CT molecular complexity index is 1160. The average Bonchev–Trinajstić information content (AvgIpc) is 3.12. The van der Waals surface area contributed by atoms with Crippen molar-refractivity contribution in [2.45, 2.75) is 6.92 Å². The summed E-state index contributed by atoms with van der Waals surface area (Å²) < 4.78 is 12.2. The van der Waals surface area contributed by atoms with Crippen molar-refractivity contribution >= 4 is 46.0 Å². The predicted octanol–water partition coefficient (Wildman–Crippen LogP) is 5.53. The van der Waals surface area contributed by atoms with Crippen molar-refractivity contribution in [3.05, 3.63) is 93.1 Å². The summed E-state index contributed by atoms with van der Waals surface area (Å²) in [7, 11) is 1.61. The van der Waals surface area contributed by atoms with Crippen LogP contribution in [0.5, 0.6) is 11.5 Å². The molecule has 0 aromatic heterocycles. The molecule has 0 fully saturated rings. The van der Waals surface area contributed by atoms with Gasteiger partial charge in [0.1, 0.15) is 5.71 Å². The Balaban J connectivity index is 1.82. The summed E-state index contributed by atoms with van der Waals surface area (Å²) in [5.74, 6) is 1.16. The molecule has 0 unspecified atom stereocenters. The van der Waals surface area contributed by atoms with E-state index in [1.54, 1.807) is 7.11 Å². The van der Waals surface area contributed by atoms with E-state index in [4.69, 9.17) is 9.47 Å². The van der Waals surface area contributed by atoms with E-state index in [0.29, 0.717) is 29.4 Å².